The summed E-state index contributed by atoms with van der Waals surface area (Å²) in [6.07, 6.45) is 2.52. The van der Waals surface area contributed by atoms with Gasteiger partial charge in [0.25, 0.3) is 5.91 Å². The summed E-state index contributed by atoms with van der Waals surface area (Å²) in [7, 11) is 0. The van der Waals surface area contributed by atoms with Crippen LogP contribution in [0.4, 0.5) is 10.1 Å². The van der Waals surface area contributed by atoms with Crippen LogP contribution < -0.4 is 5.32 Å². The van der Waals surface area contributed by atoms with E-state index in [0.29, 0.717) is 12.8 Å². The minimum atomic E-state index is -1.05. The first-order valence-electron chi connectivity index (χ1n) is 6.42. The Hall–Kier alpha value is -2.02. The van der Waals surface area contributed by atoms with Crippen molar-refractivity contribution < 1.29 is 19.2 Å². The van der Waals surface area contributed by atoms with Gasteiger partial charge >= 0.3 is 5.69 Å². The molecule has 1 aromatic carbocycles. The lowest BCUT2D eigenvalue weighted by molar-refractivity contribution is -0.387. The van der Waals surface area contributed by atoms with Gasteiger partial charge in [-0.25, -0.2) is 0 Å². The number of carbonyl (C=O) groups is 1. The van der Waals surface area contributed by atoms with Crippen molar-refractivity contribution in [2.45, 2.75) is 37.8 Å². The van der Waals surface area contributed by atoms with Gasteiger partial charge in [0.1, 0.15) is 0 Å². The lowest BCUT2D eigenvalue weighted by Gasteiger charge is -2.28. The summed E-state index contributed by atoms with van der Waals surface area (Å²) in [5, 5.41) is 22.9. The van der Waals surface area contributed by atoms with Crippen molar-refractivity contribution in [3.05, 3.63) is 39.7 Å². The third-order valence-corrected chi connectivity index (χ3v) is 3.45. The SMILES string of the molecule is O=C(NC1CCCCC1O)c1ccc([N+](=O)[O-])c(F)c1. The zero-order valence-corrected chi connectivity index (χ0v) is 10.7. The van der Waals surface area contributed by atoms with Gasteiger partial charge in [-0.05, 0) is 25.0 Å². The number of hydrogen-bond donors (Lipinski definition) is 2. The molecule has 1 aliphatic rings. The van der Waals surface area contributed by atoms with Crippen LogP contribution in [0.15, 0.2) is 18.2 Å². The average molecular weight is 282 g/mol. The molecule has 7 heteroatoms. The molecule has 0 aliphatic heterocycles. The number of nitrogens with zero attached hydrogens (tertiary/aromatic N) is 1. The molecule has 2 atom stereocenters. The summed E-state index contributed by atoms with van der Waals surface area (Å²) < 4.78 is 13.4. The smallest absolute Gasteiger partial charge is 0.304 e. The topological polar surface area (TPSA) is 92.5 Å². The molecule has 0 heterocycles. The molecule has 6 nitrogen and oxygen atoms in total. The Balaban J connectivity index is 2.09. The molecule has 0 bridgehead atoms. The van der Waals surface area contributed by atoms with Gasteiger partial charge in [0.15, 0.2) is 0 Å². The fraction of sp³-hybridized carbons (Fsp3) is 0.462. The number of rotatable bonds is 3. The third-order valence-electron chi connectivity index (χ3n) is 3.45. The van der Waals surface area contributed by atoms with E-state index in [4.69, 9.17) is 0 Å². The molecular weight excluding hydrogens is 267 g/mol. The van der Waals surface area contributed by atoms with Crippen molar-refractivity contribution in [1.29, 1.82) is 0 Å². The van der Waals surface area contributed by atoms with Gasteiger partial charge in [-0.15, -0.1) is 0 Å². The van der Waals surface area contributed by atoms with Crippen molar-refractivity contribution >= 4 is 11.6 Å². The Labute approximate surface area is 114 Å². The van der Waals surface area contributed by atoms with Crippen LogP contribution in [0.25, 0.3) is 0 Å². The van der Waals surface area contributed by atoms with E-state index >= 15 is 0 Å². The number of nitro benzene ring substituents is 1. The maximum atomic E-state index is 13.4. The van der Waals surface area contributed by atoms with E-state index in [1.54, 1.807) is 0 Å². The largest absolute Gasteiger partial charge is 0.391 e. The van der Waals surface area contributed by atoms with Crippen molar-refractivity contribution in [3.63, 3.8) is 0 Å². The molecule has 1 fully saturated rings. The second-order valence-electron chi connectivity index (χ2n) is 4.86. The molecular formula is C13H15FN2O4. The van der Waals surface area contributed by atoms with Crippen LogP contribution in [0.1, 0.15) is 36.0 Å². The average Bonchev–Trinajstić information content (AvgIpc) is 2.40. The molecule has 108 valence electrons. The summed E-state index contributed by atoms with van der Waals surface area (Å²) >= 11 is 0. The second-order valence-corrected chi connectivity index (χ2v) is 4.86. The van der Waals surface area contributed by atoms with Crippen LogP contribution in [0.2, 0.25) is 0 Å². The highest BCUT2D eigenvalue weighted by Crippen LogP contribution is 2.20. The molecule has 2 N–H and O–H groups in total. The van der Waals surface area contributed by atoms with Crippen LogP contribution in [0, 0.1) is 15.9 Å². The number of nitro groups is 1. The molecule has 1 saturated carbocycles. The summed E-state index contributed by atoms with van der Waals surface area (Å²) in [4.78, 5) is 21.6. The number of nitrogens with one attached hydrogen (secondary N) is 1. The molecule has 0 spiro atoms. The Morgan fingerprint density at radius 2 is 2.10 bits per heavy atom. The van der Waals surface area contributed by atoms with Crippen molar-refractivity contribution in [1.82, 2.24) is 5.32 Å². The van der Waals surface area contributed by atoms with E-state index in [-0.39, 0.29) is 11.6 Å². The molecule has 1 aromatic rings. The Kier molecular flexibility index (Phi) is 4.29. The van der Waals surface area contributed by atoms with Crippen LogP contribution in [-0.4, -0.2) is 28.1 Å². The first-order valence-corrected chi connectivity index (χ1v) is 6.42. The third kappa shape index (κ3) is 3.11. The van der Waals surface area contributed by atoms with Crippen LogP contribution >= 0.6 is 0 Å². The second kappa shape index (κ2) is 5.96. The number of aliphatic hydroxyl groups is 1. The van der Waals surface area contributed by atoms with Gasteiger partial charge in [0, 0.05) is 11.6 Å². The maximum absolute atomic E-state index is 13.4. The number of halogens is 1. The van der Waals surface area contributed by atoms with Gasteiger partial charge in [-0.3, -0.25) is 14.9 Å². The summed E-state index contributed by atoms with van der Waals surface area (Å²) in [5.74, 6) is -1.59. The highest BCUT2D eigenvalue weighted by molar-refractivity contribution is 5.94. The highest BCUT2D eigenvalue weighted by atomic mass is 19.1. The van der Waals surface area contributed by atoms with E-state index in [2.05, 4.69) is 5.32 Å². The van der Waals surface area contributed by atoms with Gasteiger partial charge < -0.3 is 10.4 Å². The number of carbonyl (C=O) groups excluding carboxylic acids is 1. The normalized spacial score (nSPS) is 22.3. The first kappa shape index (κ1) is 14.4. The first-order chi connectivity index (χ1) is 9.49. The summed E-state index contributed by atoms with van der Waals surface area (Å²) in [5.41, 5.74) is -0.662. The van der Waals surface area contributed by atoms with Crippen molar-refractivity contribution in [2.24, 2.45) is 0 Å². The van der Waals surface area contributed by atoms with Crippen LogP contribution in [0.3, 0.4) is 0 Å². The predicted octanol–water partition coefficient (Wildman–Crippen LogP) is 1.77. The number of hydrogen-bond acceptors (Lipinski definition) is 4. The quantitative estimate of drug-likeness (QED) is 0.652. The Morgan fingerprint density at radius 3 is 2.70 bits per heavy atom. The van der Waals surface area contributed by atoms with Gasteiger partial charge in [-0.1, -0.05) is 12.8 Å². The zero-order valence-electron chi connectivity index (χ0n) is 10.7. The Bertz CT molecular complexity index is 535. The molecule has 0 aromatic heterocycles. The van der Waals surface area contributed by atoms with Crippen molar-refractivity contribution in [3.8, 4) is 0 Å². The van der Waals surface area contributed by atoms with Gasteiger partial charge in [0.05, 0.1) is 17.1 Å². The van der Waals surface area contributed by atoms with Crippen LogP contribution in [-0.2, 0) is 0 Å². The molecule has 1 amide bonds. The Morgan fingerprint density at radius 1 is 1.40 bits per heavy atom. The standard InChI is InChI=1S/C13H15FN2O4/c14-9-7-8(5-6-11(9)16(19)20)13(18)15-10-3-1-2-4-12(10)17/h5-7,10,12,17H,1-4H2,(H,15,18). The number of benzene rings is 1. The number of aliphatic hydroxyl groups excluding tert-OH is 1. The predicted molar refractivity (Wildman–Crippen MR) is 68.8 cm³/mol. The van der Waals surface area contributed by atoms with Gasteiger partial charge in [-0.2, -0.15) is 4.39 Å². The molecule has 2 unspecified atom stereocenters. The lowest BCUT2D eigenvalue weighted by Crippen LogP contribution is -2.45. The molecule has 1 aliphatic carbocycles. The van der Waals surface area contributed by atoms with Crippen molar-refractivity contribution in [2.75, 3.05) is 0 Å². The fourth-order valence-electron chi connectivity index (χ4n) is 2.33. The van der Waals surface area contributed by atoms with E-state index in [1.807, 2.05) is 0 Å². The highest BCUT2D eigenvalue weighted by Gasteiger charge is 2.25. The van der Waals surface area contributed by atoms with Crippen LogP contribution in [0.5, 0.6) is 0 Å². The molecule has 0 saturated heterocycles. The molecule has 20 heavy (non-hydrogen) atoms. The molecule has 2 rings (SSSR count). The summed E-state index contributed by atoms with van der Waals surface area (Å²) in [6.45, 7) is 0. The number of amides is 1. The zero-order chi connectivity index (χ0) is 14.7. The fourth-order valence-corrected chi connectivity index (χ4v) is 2.33. The minimum absolute atomic E-state index is 0.00544. The maximum Gasteiger partial charge on any atom is 0.304 e. The van der Waals surface area contributed by atoms with E-state index in [9.17, 15) is 24.4 Å². The molecule has 0 radical (unpaired) electrons. The van der Waals surface area contributed by atoms with E-state index < -0.39 is 28.4 Å². The van der Waals surface area contributed by atoms with Gasteiger partial charge in [0.2, 0.25) is 5.82 Å². The minimum Gasteiger partial charge on any atom is -0.391 e. The lowest BCUT2D eigenvalue weighted by atomic mass is 9.92. The van der Waals surface area contributed by atoms with E-state index in [0.717, 1.165) is 25.0 Å². The van der Waals surface area contributed by atoms with E-state index in [1.165, 1.54) is 6.07 Å². The monoisotopic (exact) mass is 282 g/mol. The summed E-state index contributed by atoms with van der Waals surface area (Å²) in [6, 6.07) is 2.64.